The molecule has 3 rings (SSSR count). The van der Waals surface area contributed by atoms with E-state index >= 15 is 0 Å². The molecular formula is C22H28N4O3. The number of para-hydroxylation sites is 1. The molecule has 29 heavy (non-hydrogen) atoms. The van der Waals surface area contributed by atoms with Crippen LogP contribution in [0.4, 0.5) is 16.3 Å². The summed E-state index contributed by atoms with van der Waals surface area (Å²) in [5.74, 6) is 0.529. The van der Waals surface area contributed by atoms with Gasteiger partial charge in [-0.05, 0) is 57.9 Å². The lowest BCUT2D eigenvalue weighted by Gasteiger charge is -2.32. The summed E-state index contributed by atoms with van der Waals surface area (Å²) in [7, 11) is 0. The number of nitrogens with one attached hydrogen (secondary N) is 2. The Morgan fingerprint density at radius 2 is 1.72 bits per heavy atom. The number of piperidine rings is 1. The lowest BCUT2D eigenvalue weighted by Crippen LogP contribution is -2.47. The van der Waals surface area contributed by atoms with Gasteiger partial charge in [0.25, 0.3) is 5.91 Å². The number of likely N-dealkylation sites (tertiary alicyclic amines) is 1. The number of benzene rings is 1. The van der Waals surface area contributed by atoms with E-state index in [1.165, 1.54) is 0 Å². The number of carbonyl (C=O) groups is 2. The fraction of sp³-hybridized carbons (Fsp3) is 0.409. The summed E-state index contributed by atoms with van der Waals surface area (Å²) in [5.41, 5.74) is 0.800. The Labute approximate surface area is 171 Å². The van der Waals surface area contributed by atoms with E-state index in [2.05, 4.69) is 15.6 Å². The van der Waals surface area contributed by atoms with Crippen LogP contribution in [0.2, 0.25) is 0 Å². The second-order valence-corrected chi connectivity index (χ2v) is 8.11. The summed E-state index contributed by atoms with van der Waals surface area (Å²) < 4.78 is 5.30. The third-order valence-corrected chi connectivity index (χ3v) is 4.52. The van der Waals surface area contributed by atoms with Crippen LogP contribution < -0.4 is 10.6 Å². The minimum absolute atomic E-state index is 0.00735. The van der Waals surface area contributed by atoms with E-state index in [0.717, 1.165) is 5.69 Å². The number of rotatable bonds is 4. The number of nitrogens with zero attached hydrogens (tertiary/aromatic N) is 2. The Morgan fingerprint density at radius 3 is 2.38 bits per heavy atom. The molecule has 0 unspecified atom stereocenters. The fourth-order valence-electron chi connectivity index (χ4n) is 3.16. The predicted molar refractivity (Wildman–Crippen MR) is 112 cm³/mol. The standard InChI is InChI=1S/C22H28N4O3/c1-22(2,3)29-21(28)24-17-12-14-26(15-13-17)20(27)18-10-7-11-19(25-18)23-16-8-5-4-6-9-16/h4-11,17H,12-15H2,1-3H3,(H,23,25)(H,24,28). The molecule has 0 spiro atoms. The second-order valence-electron chi connectivity index (χ2n) is 8.11. The van der Waals surface area contributed by atoms with Crippen LogP contribution in [0.15, 0.2) is 48.5 Å². The highest BCUT2D eigenvalue weighted by molar-refractivity contribution is 5.92. The monoisotopic (exact) mass is 396 g/mol. The highest BCUT2D eigenvalue weighted by atomic mass is 16.6. The number of ether oxygens (including phenoxy) is 1. The molecule has 0 radical (unpaired) electrons. The molecule has 1 aliphatic heterocycles. The first-order valence-electron chi connectivity index (χ1n) is 9.88. The largest absolute Gasteiger partial charge is 0.444 e. The van der Waals surface area contributed by atoms with Crippen molar-refractivity contribution in [3.05, 3.63) is 54.2 Å². The van der Waals surface area contributed by atoms with Gasteiger partial charge in [-0.3, -0.25) is 4.79 Å². The van der Waals surface area contributed by atoms with Gasteiger partial charge < -0.3 is 20.3 Å². The van der Waals surface area contributed by atoms with Gasteiger partial charge in [0.1, 0.15) is 17.1 Å². The Balaban J connectivity index is 1.54. The molecule has 2 amide bonds. The summed E-state index contributed by atoms with van der Waals surface area (Å²) in [4.78, 5) is 31.0. The Morgan fingerprint density at radius 1 is 1.03 bits per heavy atom. The first-order valence-corrected chi connectivity index (χ1v) is 9.88. The van der Waals surface area contributed by atoms with Gasteiger partial charge in [-0.25, -0.2) is 9.78 Å². The van der Waals surface area contributed by atoms with Crippen molar-refractivity contribution in [1.82, 2.24) is 15.2 Å². The van der Waals surface area contributed by atoms with Crippen LogP contribution in [0.5, 0.6) is 0 Å². The van der Waals surface area contributed by atoms with E-state index in [1.54, 1.807) is 11.0 Å². The number of aromatic nitrogens is 1. The summed E-state index contributed by atoms with van der Waals surface area (Å²) in [5, 5.41) is 6.09. The number of carbonyl (C=O) groups excluding carboxylic acids is 2. The summed E-state index contributed by atoms with van der Waals surface area (Å²) in [6, 6.07) is 15.1. The van der Waals surface area contributed by atoms with E-state index in [4.69, 9.17) is 4.74 Å². The summed E-state index contributed by atoms with van der Waals surface area (Å²) >= 11 is 0. The van der Waals surface area contributed by atoms with Crippen molar-refractivity contribution >= 4 is 23.5 Å². The average Bonchev–Trinajstić information content (AvgIpc) is 2.67. The van der Waals surface area contributed by atoms with E-state index < -0.39 is 11.7 Å². The van der Waals surface area contributed by atoms with Crippen molar-refractivity contribution in [3.63, 3.8) is 0 Å². The van der Waals surface area contributed by atoms with E-state index in [0.29, 0.717) is 37.4 Å². The lowest BCUT2D eigenvalue weighted by molar-refractivity contribution is 0.0473. The quantitative estimate of drug-likeness (QED) is 0.817. The van der Waals surface area contributed by atoms with Crippen LogP contribution in [0.3, 0.4) is 0 Å². The van der Waals surface area contributed by atoms with Gasteiger partial charge in [-0.2, -0.15) is 0 Å². The van der Waals surface area contributed by atoms with E-state index in [1.807, 2.05) is 63.2 Å². The van der Waals surface area contributed by atoms with Gasteiger partial charge >= 0.3 is 6.09 Å². The molecular weight excluding hydrogens is 368 g/mol. The SMILES string of the molecule is CC(C)(C)OC(=O)NC1CCN(C(=O)c2cccc(Nc3ccccc3)n2)CC1. The van der Waals surface area contributed by atoms with Crippen molar-refractivity contribution in [2.24, 2.45) is 0 Å². The normalized spacial score (nSPS) is 14.9. The van der Waals surface area contributed by atoms with E-state index in [-0.39, 0.29) is 11.9 Å². The third-order valence-electron chi connectivity index (χ3n) is 4.52. The van der Waals surface area contributed by atoms with Gasteiger partial charge in [0.15, 0.2) is 0 Å². The zero-order valence-corrected chi connectivity index (χ0v) is 17.1. The molecule has 1 aromatic carbocycles. The number of alkyl carbamates (subject to hydrolysis) is 1. The van der Waals surface area contributed by atoms with Crippen molar-refractivity contribution < 1.29 is 14.3 Å². The van der Waals surface area contributed by atoms with Crippen molar-refractivity contribution in [2.45, 2.75) is 45.3 Å². The second kappa shape index (κ2) is 8.94. The molecule has 2 heterocycles. The summed E-state index contributed by atoms with van der Waals surface area (Å²) in [6.45, 7) is 6.64. The molecule has 1 aliphatic rings. The molecule has 2 N–H and O–H groups in total. The zero-order valence-electron chi connectivity index (χ0n) is 17.1. The minimum atomic E-state index is -0.523. The van der Waals surface area contributed by atoms with Crippen molar-refractivity contribution in [1.29, 1.82) is 0 Å². The van der Waals surface area contributed by atoms with Crippen LogP contribution in [0.1, 0.15) is 44.1 Å². The summed E-state index contributed by atoms with van der Waals surface area (Å²) in [6.07, 6.45) is 0.962. The first-order chi connectivity index (χ1) is 13.8. The Kier molecular flexibility index (Phi) is 6.36. The van der Waals surface area contributed by atoms with Crippen LogP contribution in [-0.4, -0.2) is 46.6 Å². The van der Waals surface area contributed by atoms with Crippen molar-refractivity contribution in [2.75, 3.05) is 18.4 Å². The zero-order chi connectivity index (χ0) is 20.9. The average molecular weight is 396 g/mol. The maximum Gasteiger partial charge on any atom is 0.407 e. The van der Waals surface area contributed by atoms with Crippen LogP contribution in [0, 0.1) is 0 Å². The molecule has 1 aromatic heterocycles. The third kappa shape index (κ3) is 6.20. The van der Waals surface area contributed by atoms with Gasteiger partial charge in [-0.15, -0.1) is 0 Å². The topological polar surface area (TPSA) is 83.6 Å². The molecule has 1 saturated heterocycles. The van der Waals surface area contributed by atoms with E-state index in [9.17, 15) is 9.59 Å². The lowest BCUT2D eigenvalue weighted by atomic mass is 10.0. The number of hydrogen-bond acceptors (Lipinski definition) is 5. The molecule has 0 aliphatic carbocycles. The molecule has 1 fully saturated rings. The maximum atomic E-state index is 12.8. The minimum Gasteiger partial charge on any atom is -0.444 e. The molecule has 7 heteroatoms. The van der Waals surface area contributed by atoms with Gasteiger partial charge in [0, 0.05) is 24.8 Å². The molecule has 154 valence electrons. The molecule has 2 aromatic rings. The molecule has 0 saturated carbocycles. The smallest absolute Gasteiger partial charge is 0.407 e. The van der Waals surface area contributed by atoms with Crippen LogP contribution in [0.25, 0.3) is 0 Å². The fourth-order valence-corrected chi connectivity index (χ4v) is 3.16. The Hall–Kier alpha value is -3.09. The first kappa shape index (κ1) is 20.6. The number of pyridine rings is 1. The number of anilines is 2. The molecule has 0 atom stereocenters. The Bertz CT molecular complexity index is 841. The highest BCUT2D eigenvalue weighted by Crippen LogP contribution is 2.17. The predicted octanol–water partition coefficient (Wildman–Crippen LogP) is 3.95. The molecule has 7 nitrogen and oxygen atoms in total. The number of amides is 2. The van der Waals surface area contributed by atoms with Crippen molar-refractivity contribution in [3.8, 4) is 0 Å². The van der Waals surface area contributed by atoms with Gasteiger partial charge in [0.05, 0.1) is 0 Å². The van der Waals surface area contributed by atoms with Gasteiger partial charge in [0.2, 0.25) is 0 Å². The molecule has 0 bridgehead atoms. The van der Waals surface area contributed by atoms with Crippen LogP contribution >= 0.6 is 0 Å². The van der Waals surface area contributed by atoms with Gasteiger partial charge in [-0.1, -0.05) is 24.3 Å². The highest BCUT2D eigenvalue weighted by Gasteiger charge is 2.26. The maximum absolute atomic E-state index is 12.8. The van der Waals surface area contributed by atoms with Crippen LogP contribution in [-0.2, 0) is 4.74 Å². The number of hydrogen-bond donors (Lipinski definition) is 2.